The van der Waals surface area contributed by atoms with Crippen molar-refractivity contribution < 1.29 is 0 Å². The summed E-state index contributed by atoms with van der Waals surface area (Å²) < 4.78 is 4.17. The van der Waals surface area contributed by atoms with Crippen LogP contribution in [0.4, 0.5) is 0 Å². The van der Waals surface area contributed by atoms with E-state index >= 15 is 0 Å². The molecule has 5 heteroatoms. The number of rotatable bonds is 0. The van der Waals surface area contributed by atoms with Crippen LogP contribution >= 0.6 is 59.1 Å². The van der Waals surface area contributed by atoms with Crippen LogP contribution in [0.3, 0.4) is 0 Å². The van der Waals surface area contributed by atoms with Gasteiger partial charge in [-0.2, -0.15) is 0 Å². The Morgan fingerprint density at radius 1 is 1.17 bits per heavy atom. The van der Waals surface area contributed by atoms with E-state index in [1.807, 2.05) is 6.07 Å². The van der Waals surface area contributed by atoms with Gasteiger partial charge in [-0.15, -0.1) is 11.3 Å². The molecular weight excluding hydrogens is 370 g/mol. The number of nitrogens with zero attached hydrogens (tertiary/aromatic N) is 1. The summed E-state index contributed by atoms with van der Waals surface area (Å²) >= 11 is 11.9. The first kappa shape index (κ1) is 9.12. The van der Waals surface area contributed by atoms with Crippen LogP contribution in [-0.2, 0) is 0 Å². The molecule has 0 atom stereocenters. The molecular formula is C7H2Br3NS. The van der Waals surface area contributed by atoms with E-state index in [1.165, 1.54) is 4.70 Å². The zero-order valence-corrected chi connectivity index (χ0v) is 11.2. The minimum absolute atomic E-state index is 0.913. The fourth-order valence-electron chi connectivity index (χ4n) is 0.930. The number of benzene rings is 1. The highest BCUT2D eigenvalue weighted by atomic mass is 79.9. The maximum absolute atomic E-state index is 4.32. The second kappa shape index (κ2) is 3.36. The SMILES string of the molecule is Brc1cc(Br)c2nc(Br)sc2c1. The zero-order valence-electron chi connectivity index (χ0n) is 5.64. The molecule has 2 rings (SSSR count). The Balaban J connectivity index is 2.88. The molecule has 0 aliphatic rings. The van der Waals surface area contributed by atoms with Crippen LogP contribution in [0.2, 0.25) is 0 Å². The molecule has 0 amide bonds. The summed E-state index contributed by atoms with van der Waals surface area (Å²) in [6.45, 7) is 0. The van der Waals surface area contributed by atoms with Crippen LogP contribution in [0.1, 0.15) is 0 Å². The molecule has 0 saturated heterocycles. The lowest BCUT2D eigenvalue weighted by Gasteiger charge is -1.92. The molecule has 0 aliphatic heterocycles. The lowest BCUT2D eigenvalue weighted by atomic mass is 10.3. The quantitative estimate of drug-likeness (QED) is 0.660. The Morgan fingerprint density at radius 2 is 1.92 bits per heavy atom. The highest BCUT2D eigenvalue weighted by Crippen LogP contribution is 2.33. The molecule has 0 unspecified atom stereocenters. The third kappa shape index (κ3) is 1.60. The van der Waals surface area contributed by atoms with Crippen LogP contribution < -0.4 is 0 Å². The maximum atomic E-state index is 4.32. The standard InChI is InChI=1S/C7H2Br3NS/c8-3-1-4(9)6-5(2-3)12-7(10)11-6/h1-2H. The number of thiazole rings is 1. The van der Waals surface area contributed by atoms with Crippen molar-refractivity contribution in [3.8, 4) is 0 Å². The second-order valence-corrected chi connectivity index (χ2v) is 6.28. The average molecular weight is 372 g/mol. The highest BCUT2D eigenvalue weighted by molar-refractivity contribution is 9.11. The third-order valence-corrected chi connectivity index (χ3v) is 3.90. The van der Waals surface area contributed by atoms with Gasteiger partial charge in [0.25, 0.3) is 0 Å². The fraction of sp³-hybridized carbons (Fsp3) is 0. The van der Waals surface area contributed by atoms with Gasteiger partial charge in [0, 0.05) is 8.95 Å². The van der Waals surface area contributed by atoms with Crippen molar-refractivity contribution in [3.05, 3.63) is 25.0 Å². The van der Waals surface area contributed by atoms with Gasteiger partial charge in [-0.05, 0) is 44.0 Å². The maximum Gasteiger partial charge on any atom is 0.160 e. The van der Waals surface area contributed by atoms with Crippen molar-refractivity contribution in [2.24, 2.45) is 0 Å². The normalized spacial score (nSPS) is 10.9. The molecule has 1 heterocycles. The minimum Gasteiger partial charge on any atom is -0.228 e. The Bertz CT molecular complexity index is 437. The molecule has 1 nitrogen and oxygen atoms in total. The lowest BCUT2D eigenvalue weighted by Crippen LogP contribution is -1.71. The van der Waals surface area contributed by atoms with Crippen molar-refractivity contribution in [1.29, 1.82) is 0 Å². The van der Waals surface area contributed by atoms with Gasteiger partial charge in [0.2, 0.25) is 0 Å². The molecule has 0 spiro atoms. The number of hydrogen-bond donors (Lipinski definition) is 0. The number of halogens is 3. The largest absolute Gasteiger partial charge is 0.228 e. The van der Waals surface area contributed by atoms with Crippen molar-refractivity contribution >= 4 is 69.3 Å². The van der Waals surface area contributed by atoms with Crippen LogP contribution in [-0.4, -0.2) is 4.98 Å². The molecule has 62 valence electrons. The number of hydrogen-bond acceptors (Lipinski definition) is 2. The molecule has 2 aromatic rings. The molecule has 12 heavy (non-hydrogen) atoms. The summed E-state index contributed by atoms with van der Waals surface area (Å²) in [5, 5.41) is 0. The Morgan fingerprint density at radius 3 is 2.67 bits per heavy atom. The van der Waals surface area contributed by atoms with E-state index in [0.29, 0.717) is 0 Å². The average Bonchev–Trinajstić information content (AvgIpc) is 2.29. The predicted molar refractivity (Wildman–Crippen MR) is 62.7 cm³/mol. The first-order valence-electron chi connectivity index (χ1n) is 3.08. The smallest absolute Gasteiger partial charge is 0.160 e. The van der Waals surface area contributed by atoms with Gasteiger partial charge in [0.15, 0.2) is 3.92 Å². The van der Waals surface area contributed by atoms with E-state index in [1.54, 1.807) is 11.3 Å². The van der Waals surface area contributed by atoms with E-state index in [-0.39, 0.29) is 0 Å². The molecule has 0 N–H and O–H groups in total. The molecule has 0 aliphatic carbocycles. The topological polar surface area (TPSA) is 12.9 Å². The van der Waals surface area contributed by atoms with E-state index in [9.17, 15) is 0 Å². The van der Waals surface area contributed by atoms with E-state index < -0.39 is 0 Å². The first-order chi connectivity index (χ1) is 5.66. The summed E-state index contributed by atoms with van der Waals surface area (Å²) in [4.78, 5) is 4.32. The first-order valence-corrected chi connectivity index (χ1v) is 6.27. The second-order valence-electron chi connectivity index (χ2n) is 2.20. The third-order valence-electron chi connectivity index (χ3n) is 1.39. The molecule has 1 aromatic carbocycles. The summed E-state index contributed by atoms with van der Waals surface area (Å²) in [5.74, 6) is 0. The van der Waals surface area contributed by atoms with Gasteiger partial charge in [0.1, 0.15) is 0 Å². The van der Waals surface area contributed by atoms with Gasteiger partial charge >= 0.3 is 0 Å². The van der Waals surface area contributed by atoms with E-state index in [2.05, 4.69) is 58.8 Å². The van der Waals surface area contributed by atoms with Gasteiger partial charge in [-0.3, -0.25) is 0 Å². The molecule has 0 saturated carbocycles. The molecule has 0 bridgehead atoms. The van der Waals surface area contributed by atoms with Crippen molar-refractivity contribution in [3.63, 3.8) is 0 Å². The van der Waals surface area contributed by atoms with Gasteiger partial charge in [-0.25, -0.2) is 4.98 Å². The van der Waals surface area contributed by atoms with Gasteiger partial charge in [0.05, 0.1) is 10.2 Å². The predicted octanol–water partition coefficient (Wildman–Crippen LogP) is 4.58. The fourth-order valence-corrected chi connectivity index (χ4v) is 3.98. The highest BCUT2D eigenvalue weighted by Gasteiger charge is 2.05. The Labute approximate surface area is 98.6 Å². The summed E-state index contributed by atoms with van der Waals surface area (Å²) in [7, 11) is 0. The summed E-state index contributed by atoms with van der Waals surface area (Å²) in [6.07, 6.45) is 0. The van der Waals surface area contributed by atoms with Crippen LogP contribution in [0.15, 0.2) is 25.0 Å². The van der Waals surface area contributed by atoms with Crippen molar-refractivity contribution in [2.75, 3.05) is 0 Å². The summed E-state index contributed by atoms with van der Waals surface area (Å²) in [6, 6.07) is 4.05. The van der Waals surface area contributed by atoms with Gasteiger partial charge in [-0.1, -0.05) is 15.9 Å². The van der Waals surface area contributed by atoms with Crippen molar-refractivity contribution in [1.82, 2.24) is 4.98 Å². The summed E-state index contributed by atoms with van der Waals surface area (Å²) in [5.41, 5.74) is 1.01. The number of fused-ring (bicyclic) bond motifs is 1. The van der Waals surface area contributed by atoms with E-state index in [4.69, 9.17) is 0 Å². The van der Waals surface area contributed by atoms with Crippen LogP contribution in [0, 0.1) is 0 Å². The molecule has 1 aromatic heterocycles. The zero-order chi connectivity index (χ0) is 8.72. The number of aromatic nitrogens is 1. The Kier molecular flexibility index (Phi) is 2.56. The Hall–Kier alpha value is 0.550. The monoisotopic (exact) mass is 369 g/mol. The lowest BCUT2D eigenvalue weighted by molar-refractivity contribution is 1.43. The van der Waals surface area contributed by atoms with E-state index in [0.717, 1.165) is 18.4 Å². The van der Waals surface area contributed by atoms with Gasteiger partial charge < -0.3 is 0 Å². The van der Waals surface area contributed by atoms with Crippen LogP contribution in [0.25, 0.3) is 10.2 Å². The van der Waals surface area contributed by atoms with Crippen LogP contribution in [0.5, 0.6) is 0 Å². The van der Waals surface area contributed by atoms with Crippen molar-refractivity contribution in [2.45, 2.75) is 0 Å². The molecule has 0 radical (unpaired) electrons. The molecule has 0 fully saturated rings. The minimum atomic E-state index is 0.913.